The lowest BCUT2D eigenvalue weighted by Crippen LogP contribution is -2.37. The van der Waals surface area contributed by atoms with Gasteiger partial charge in [0.25, 0.3) is 11.5 Å². The molecule has 1 aliphatic heterocycles. The fourth-order valence-corrected chi connectivity index (χ4v) is 2.51. The third-order valence-electron chi connectivity index (χ3n) is 3.34. The predicted molar refractivity (Wildman–Crippen MR) is 71.3 cm³/mol. The largest absolute Gasteiger partial charge is 0.334 e. The molecule has 0 spiro atoms. The molecule has 3 rings (SSSR count). The van der Waals surface area contributed by atoms with Gasteiger partial charge in [-0.25, -0.2) is 0 Å². The molecule has 1 aromatic carbocycles. The van der Waals surface area contributed by atoms with Crippen molar-refractivity contribution in [3.05, 3.63) is 56.5 Å². The number of rotatable bonds is 1. The second-order valence-electron chi connectivity index (χ2n) is 4.49. The summed E-state index contributed by atoms with van der Waals surface area (Å²) < 4.78 is 0. The summed E-state index contributed by atoms with van der Waals surface area (Å²) in [5.74, 6) is -0.142. The van der Waals surface area contributed by atoms with Gasteiger partial charge in [-0.2, -0.15) is 0 Å². The maximum absolute atomic E-state index is 12.4. The number of carbonyl (C=O) groups excluding carboxylic acids is 1. The van der Waals surface area contributed by atoms with E-state index in [-0.39, 0.29) is 11.5 Å². The first-order valence-electron chi connectivity index (χ1n) is 5.99. The van der Waals surface area contributed by atoms with Gasteiger partial charge in [-0.15, -0.1) is 0 Å². The number of H-pyrrole nitrogens is 2. The lowest BCUT2D eigenvalue weighted by atomic mass is 10.1. The summed E-state index contributed by atoms with van der Waals surface area (Å²) in [7, 11) is 0. The highest BCUT2D eigenvalue weighted by atomic mass is 35.5. The van der Waals surface area contributed by atoms with Crippen molar-refractivity contribution in [3.63, 3.8) is 0 Å². The molecule has 0 bridgehead atoms. The van der Waals surface area contributed by atoms with Crippen molar-refractivity contribution in [2.75, 3.05) is 6.54 Å². The predicted octanol–water partition coefficient (Wildman–Crippen LogP) is 1.55. The van der Waals surface area contributed by atoms with Crippen LogP contribution in [0, 0.1) is 0 Å². The number of amides is 1. The first kappa shape index (κ1) is 12.0. The molecule has 1 aromatic heterocycles. The Morgan fingerprint density at radius 1 is 1.26 bits per heavy atom. The van der Waals surface area contributed by atoms with Crippen LogP contribution in [0.5, 0.6) is 0 Å². The van der Waals surface area contributed by atoms with E-state index in [9.17, 15) is 9.59 Å². The SMILES string of the molecule is O=C(c1ccccc1Cl)N1CCc2[nH][nH]c(=O)c2C1. The lowest BCUT2D eigenvalue weighted by molar-refractivity contribution is 0.0734. The second-order valence-corrected chi connectivity index (χ2v) is 4.90. The Balaban J connectivity index is 1.89. The van der Waals surface area contributed by atoms with E-state index in [2.05, 4.69) is 10.2 Å². The first-order valence-corrected chi connectivity index (χ1v) is 6.37. The fraction of sp³-hybridized carbons (Fsp3) is 0.231. The van der Waals surface area contributed by atoms with Crippen LogP contribution in [0.1, 0.15) is 21.6 Å². The molecule has 0 aliphatic carbocycles. The van der Waals surface area contributed by atoms with Gasteiger partial charge in [0.2, 0.25) is 0 Å². The van der Waals surface area contributed by atoms with Gasteiger partial charge < -0.3 is 10.00 Å². The molecule has 1 aliphatic rings. The Morgan fingerprint density at radius 2 is 2.05 bits per heavy atom. The zero-order valence-corrected chi connectivity index (χ0v) is 10.8. The Bertz CT molecular complexity index is 689. The Labute approximate surface area is 114 Å². The molecule has 5 nitrogen and oxygen atoms in total. The van der Waals surface area contributed by atoms with Crippen LogP contribution in [0.2, 0.25) is 5.02 Å². The number of halogens is 1. The Morgan fingerprint density at radius 3 is 2.84 bits per heavy atom. The van der Waals surface area contributed by atoms with Crippen molar-refractivity contribution < 1.29 is 4.79 Å². The zero-order valence-electron chi connectivity index (χ0n) is 10.1. The van der Waals surface area contributed by atoms with Gasteiger partial charge >= 0.3 is 0 Å². The summed E-state index contributed by atoms with van der Waals surface area (Å²) >= 11 is 6.03. The molecule has 0 radical (unpaired) electrons. The van der Waals surface area contributed by atoms with Crippen molar-refractivity contribution >= 4 is 17.5 Å². The van der Waals surface area contributed by atoms with E-state index >= 15 is 0 Å². The first-order chi connectivity index (χ1) is 9.16. The Hall–Kier alpha value is -2.01. The normalized spacial score (nSPS) is 14.3. The van der Waals surface area contributed by atoms with Gasteiger partial charge in [-0.1, -0.05) is 23.7 Å². The molecular weight excluding hydrogens is 266 g/mol. The van der Waals surface area contributed by atoms with Crippen LogP contribution in [0.25, 0.3) is 0 Å². The van der Waals surface area contributed by atoms with Crippen LogP contribution in [0.3, 0.4) is 0 Å². The molecule has 0 atom stereocenters. The van der Waals surface area contributed by atoms with Gasteiger partial charge in [0.05, 0.1) is 22.7 Å². The fourth-order valence-electron chi connectivity index (χ4n) is 2.30. The van der Waals surface area contributed by atoms with E-state index in [4.69, 9.17) is 11.6 Å². The molecule has 2 heterocycles. The third-order valence-corrected chi connectivity index (χ3v) is 3.67. The maximum Gasteiger partial charge on any atom is 0.269 e. The molecule has 98 valence electrons. The third kappa shape index (κ3) is 2.06. The highest BCUT2D eigenvalue weighted by Crippen LogP contribution is 2.20. The molecule has 2 N–H and O–H groups in total. The van der Waals surface area contributed by atoms with Crippen LogP contribution in [0.15, 0.2) is 29.1 Å². The highest BCUT2D eigenvalue weighted by Gasteiger charge is 2.25. The number of fused-ring (bicyclic) bond motifs is 1. The molecule has 1 amide bonds. The van der Waals surface area contributed by atoms with E-state index in [1.54, 1.807) is 29.2 Å². The van der Waals surface area contributed by atoms with Crippen molar-refractivity contribution in [3.8, 4) is 0 Å². The summed E-state index contributed by atoms with van der Waals surface area (Å²) in [6, 6.07) is 6.94. The van der Waals surface area contributed by atoms with E-state index in [1.807, 2.05) is 0 Å². The highest BCUT2D eigenvalue weighted by molar-refractivity contribution is 6.33. The summed E-state index contributed by atoms with van der Waals surface area (Å²) in [6.07, 6.45) is 0.643. The summed E-state index contributed by atoms with van der Waals surface area (Å²) in [4.78, 5) is 25.6. The number of aromatic amines is 2. The smallest absolute Gasteiger partial charge is 0.269 e. The van der Waals surface area contributed by atoms with Crippen LogP contribution in [-0.4, -0.2) is 27.5 Å². The molecule has 0 saturated carbocycles. The number of nitrogens with zero attached hydrogens (tertiary/aromatic N) is 1. The minimum Gasteiger partial charge on any atom is -0.334 e. The average Bonchev–Trinajstić information content (AvgIpc) is 2.80. The van der Waals surface area contributed by atoms with Crippen molar-refractivity contribution in [2.45, 2.75) is 13.0 Å². The van der Waals surface area contributed by atoms with Gasteiger partial charge in [-0.05, 0) is 12.1 Å². The minimum atomic E-state index is -0.161. The second kappa shape index (κ2) is 4.59. The van der Waals surface area contributed by atoms with E-state index in [0.29, 0.717) is 35.7 Å². The number of nitrogens with one attached hydrogen (secondary N) is 2. The van der Waals surface area contributed by atoms with Gasteiger partial charge in [0.15, 0.2) is 0 Å². The van der Waals surface area contributed by atoms with Gasteiger partial charge in [0, 0.05) is 18.7 Å². The quantitative estimate of drug-likeness (QED) is 0.830. The average molecular weight is 278 g/mol. The van der Waals surface area contributed by atoms with Crippen molar-refractivity contribution in [2.24, 2.45) is 0 Å². The lowest BCUT2D eigenvalue weighted by Gasteiger charge is -2.26. The number of hydrogen-bond acceptors (Lipinski definition) is 2. The summed E-state index contributed by atoms with van der Waals surface area (Å²) in [5, 5.41) is 5.81. The molecule has 0 fully saturated rings. The van der Waals surface area contributed by atoms with E-state index < -0.39 is 0 Å². The monoisotopic (exact) mass is 277 g/mol. The summed E-state index contributed by atoms with van der Waals surface area (Å²) in [5.41, 5.74) is 1.83. The van der Waals surface area contributed by atoms with Crippen LogP contribution < -0.4 is 5.56 Å². The minimum absolute atomic E-state index is 0.142. The molecule has 0 saturated heterocycles. The number of aromatic nitrogens is 2. The topological polar surface area (TPSA) is 69.0 Å². The zero-order chi connectivity index (χ0) is 13.4. The van der Waals surface area contributed by atoms with Gasteiger partial charge in [-0.3, -0.25) is 14.7 Å². The van der Waals surface area contributed by atoms with Crippen molar-refractivity contribution in [1.82, 2.24) is 15.1 Å². The van der Waals surface area contributed by atoms with E-state index in [0.717, 1.165) is 5.69 Å². The van der Waals surface area contributed by atoms with Gasteiger partial charge in [0.1, 0.15) is 0 Å². The number of benzene rings is 1. The van der Waals surface area contributed by atoms with Crippen LogP contribution in [-0.2, 0) is 13.0 Å². The molecule has 19 heavy (non-hydrogen) atoms. The van der Waals surface area contributed by atoms with Crippen molar-refractivity contribution in [1.29, 1.82) is 0 Å². The number of hydrogen-bond donors (Lipinski definition) is 2. The van der Waals surface area contributed by atoms with Crippen LogP contribution in [0.4, 0.5) is 0 Å². The Kier molecular flexibility index (Phi) is 2.91. The number of carbonyl (C=O) groups is 1. The van der Waals surface area contributed by atoms with E-state index in [1.165, 1.54) is 0 Å². The molecule has 6 heteroatoms. The molecule has 0 unspecified atom stereocenters. The standard InChI is InChI=1S/C13H12ClN3O2/c14-10-4-2-1-3-8(10)13(19)17-6-5-11-9(7-17)12(18)16-15-11/h1-4H,5-7H2,(H2,15,16,18). The molecular formula is C13H12ClN3O2. The molecule has 2 aromatic rings. The maximum atomic E-state index is 12.4. The summed E-state index contributed by atoms with van der Waals surface area (Å²) in [6.45, 7) is 0.892. The van der Waals surface area contributed by atoms with Crippen LogP contribution >= 0.6 is 11.6 Å².